The predicted molar refractivity (Wildman–Crippen MR) is 103 cm³/mol. The number of nitrogens with zero attached hydrogens (tertiary/aromatic N) is 2. The fourth-order valence-electron chi connectivity index (χ4n) is 3.29. The number of halogens is 4. The number of aromatic nitrogens is 1. The molecule has 2 aromatic rings. The lowest BCUT2D eigenvalue weighted by molar-refractivity contribution is -0.141. The molecule has 2 heterocycles. The number of carbonyl (C=O) groups excluding carboxylic acids is 1. The molecule has 1 aliphatic heterocycles. The number of alkyl halides is 4. The van der Waals surface area contributed by atoms with E-state index in [0.29, 0.717) is 0 Å². The Bertz CT molecular complexity index is 1110. The average Bonchev–Trinajstić information content (AvgIpc) is 3.05. The first-order valence-corrected chi connectivity index (χ1v) is 10.9. The molecule has 0 aliphatic carbocycles. The third-order valence-corrected chi connectivity index (χ3v) is 5.59. The quantitative estimate of drug-likeness (QED) is 0.501. The first-order valence-electron chi connectivity index (χ1n) is 9.29. The molecule has 1 amide bonds. The van der Waals surface area contributed by atoms with Crippen LogP contribution in [-0.4, -0.2) is 53.8 Å². The SMILES string of the molecule is NCc1cc(Oc2cccc(C(=O)N3C[C@@H](CS(=O)(=O)[O-])[C@@H](F)C3)c2)nc(C(F)(F)F)c1. The van der Waals surface area contributed by atoms with Crippen molar-refractivity contribution in [1.29, 1.82) is 0 Å². The zero-order valence-electron chi connectivity index (χ0n) is 16.4. The van der Waals surface area contributed by atoms with E-state index in [1.165, 1.54) is 30.3 Å². The monoisotopic (exact) mass is 476 g/mol. The van der Waals surface area contributed by atoms with Crippen LogP contribution in [0.5, 0.6) is 11.6 Å². The van der Waals surface area contributed by atoms with Gasteiger partial charge in [-0.1, -0.05) is 6.07 Å². The number of rotatable bonds is 6. The highest BCUT2D eigenvalue weighted by atomic mass is 32.2. The van der Waals surface area contributed by atoms with Crippen molar-refractivity contribution in [2.75, 3.05) is 18.8 Å². The summed E-state index contributed by atoms with van der Waals surface area (Å²) in [5, 5.41) is 0. The number of pyridine rings is 1. The average molecular weight is 476 g/mol. The molecule has 0 saturated carbocycles. The van der Waals surface area contributed by atoms with Gasteiger partial charge in [0, 0.05) is 36.4 Å². The van der Waals surface area contributed by atoms with Gasteiger partial charge in [-0.3, -0.25) is 4.79 Å². The summed E-state index contributed by atoms with van der Waals surface area (Å²) in [5.41, 5.74) is 4.42. The molecule has 0 radical (unpaired) electrons. The van der Waals surface area contributed by atoms with E-state index < -0.39 is 45.7 Å². The second-order valence-corrected chi connectivity index (χ2v) is 8.69. The lowest BCUT2D eigenvalue weighted by atomic mass is 10.1. The second kappa shape index (κ2) is 9.00. The van der Waals surface area contributed by atoms with Crippen LogP contribution in [0.3, 0.4) is 0 Å². The molecule has 8 nitrogen and oxygen atoms in total. The van der Waals surface area contributed by atoms with Crippen molar-refractivity contribution in [3.8, 4) is 11.6 Å². The molecule has 0 spiro atoms. The highest BCUT2D eigenvalue weighted by Gasteiger charge is 2.37. The van der Waals surface area contributed by atoms with Gasteiger partial charge in [-0.2, -0.15) is 13.2 Å². The fraction of sp³-hybridized carbons (Fsp3) is 0.368. The maximum atomic E-state index is 14.1. The van der Waals surface area contributed by atoms with Crippen LogP contribution in [0.1, 0.15) is 21.6 Å². The normalized spacial score (nSPS) is 19.2. The van der Waals surface area contributed by atoms with Crippen LogP contribution in [0.4, 0.5) is 17.6 Å². The number of hydrogen-bond donors (Lipinski definition) is 1. The molecule has 1 aliphatic rings. The molecule has 13 heteroatoms. The Morgan fingerprint density at radius 3 is 2.59 bits per heavy atom. The third kappa shape index (κ3) is 5.93. The van der Waals surface area contributed by atoms with Crippen LogP contribution in [0.25, 0.3) is 0 Å². The smallest absolute Gasteiger partial charge is 0.433 e. The molecule has 32 heavy (non-hydrogen) atoms. The Kier molecular flexibility index (Phi) is 6.72. The van der Waals surface area contributed by atoms with Gasteiger partial charge in [0.25, 0.3) is 5.91 Å². The van der Waals surface area contributed by atoms with Gasteiger partial charge in [-0.15, -0.1) is 0 Å². The van der Waals surface area contributed by atoms with E-state index in [9.17, 15) is 35.3 Å². The minimum atomic E-state index is -4.71. The lowest BCUT2D eigenvalue weighted by Crippen LogP contribution is -2.29. The van der Waals surface area contributed by atoms with Gasteiger partial charge in [-0.05, 0) is 29.8 Å². The van der Waals surface area contributed by atoms with Crippen molar-refractivity contribution in [2.24, 2.45) is 11.7 Å². The van der Waals surface area contributed by atoms with E-state index >= 15 is 0 Å². The topological polar surface area (TPSA) is 126 Å². The van der Waals surface area contributed by atoms with Crippen molar-refractivity contribution < 1.29 is 40.1 Å². The Morgan fingerprint density at radius 2 is 1.97 bits per heavy atom. The van der Waals surface area contributed by atoms with Gasteiger partial charge in [0.2, 0.25) is 5.88 Å². The van der Waals surface area contributed by atoms with E-state index in [0.717, 1.165) is 11.0 Å². The molecule has 1 aromatic carbocycles. The van der Waals surface area contributed by atoms with Gasteiger partial charge < -0.3 is 19.9 Å². The predicted octanol–water partition coefficient (Wildman–Crippen LogP) is 2.31. The maximum absolute atomic E-state index is 14.1. The number of benzene rings is 1. The summed E-state index contributed by atoms with van der Waals surface area (Å²) in [6, 6.07) is 7.43. The van der Waals surface area contributed by atoms with E-state index in [1.54, 1.807) is 0 Å². The molecule has 2 N–H and O–H groups in total. The third-order valence-electron chi connectivity index (χ3n) is 4.76. The summed E-state index contributed by atoms with van der Waals surface area (Å²) in [6.07, 6.45) is -6.39. The number of hydrogen-bond acceptors (Lipinski definition) is 7. The van der Waals surface area contributed by atoms with Gasteiger partial charge in [0.05, 0.1) is 16.7 Å². The van der Waals surface area contributed by atoms with Crippen molar-refractivity contribution in [3.63, 3.8) is 0 Å². The van der Waals surface area contributed by atoms with Gasteiger partial charge in [0.15, 0.2) is 0 Å². The molecule has 1 aromatic heterocycles. The Balaban J connectivity index is 1.78. The van der Waals surface area contributed by atoms with Crippen molar-refractivity contribution in [3.05, 3.63) is 53.2 Å². The molecule has 1 fully saturated rings. The van der Waals surface area contributed by atoms with E-state index in [1.807, 2.05) is 0 Å². The molecule has 0 unspecified atom stereocenters. The molecular weight excluding hydrogens is 458 g/mol. The highest BCUT2D eigenvalue weighted by Crippen LogP contribution is 2.32. The van der Waals surface area contributed by atoms with Crippen LogP contribution in [0.2, 0.25) is 0 Å². The van der Waals surface area contributed by atoms with Crippen LogP contribution in [0, 0.1) is 5.92 Å². The second-order valence-electron chi connectivity index (χ2n) is 7.24. The fourth-order valence-corrected chi connectivity index (χ4v) is 4.13. The maximum Gasteiger partial charge on any atom is 0.433 e. The summed E-state index contributed by atoms with van der Waals surface area (Å²) < 4.78 is 91.3. The first-order chi connectivity index (χ1) is 14.9. The Morgan fingerprint density at radius 1 is 1.25 bits per heavy atom. The van der Waals surface area contributed by atoms with Crippen molar-refractivity contribution >= 4 is 16.0 Å². The van der Waals surface area contributed by atoms with Crippen molar-refractivity contribution in [2.45, 2.75) is 18.9 Å². The molecule has 1 saturated heterocycles. The van der Waals surface area contributed by atoms with E-state index in [2.05, 4.69) is 4.98 Å². The summed E-state index contributed by atoms with van der Waals surface area (Å²) in [5.74, 6) is -3.09. The van der Waals surface area contributed by atoms with Crippen LogP contribution >= 0.6 is 0 Å². The number of likely N-dealkylation sites (tertiary alicyclic amines) is 1. The van der Waals surface area contributed by atoms with Crippen LogP contribution in [0.15, 0.2) is 36.4 Å². The molecule has 0 bridgehead atoms. The molecule has 2 atom stereocenters. The molecular formula is C19H18F4N3O5S-. The number of ether oxygens (including phenoxy) is 1. The zero-order valence-corrected chi connectivity index (χ0v) is 17.2. The minimum Gasteiger partial charge on any atom is -0.748 e. The van der Waals surface area contributed by atoms with E-state index in [4.69, 9.17) is 10.5 Å². The number of carbonyl (C=O) groups is 1. The number of nitrogens with two attached hydrogens (primary N) is 1. The summed E-state index contributed by atoms with van der Waals surface area (Å²) in [4.78, 5) is 17.2. The van der Waals surface area contributed by atoms with Crippen molar-refractivity contribution in [1.82, 2.24) is 9.88 Å². The Hall–Kier alpha value is -2.77. The van der Waals surface area contributed by atoms with Gasteiger partial charge >= 0.3 is 6.18 Å². The standard InChI is InChI=1S/C19H19F4N3O5S/c20-15-9-26(8-13(15)10-32(28,29)30)18(27)12-2-1-3-14(6-12)31-17-5-11(7-24)4-16(25-17)19(21,22)23/h1-6,13,15H,7-10,24H2,(H,28,29,30)/p-1/t13-,15-/m0/s1. The summed E-state index contributed by atoms with van der Waals surface area (Å²) in [6.45, 7) is -0.833. The Labute approximate surface area is 180 Å². The largest absolute Gasteiger partial charge is 0.748 e. The zero-order chi connectivity index (χ0) is 23.7. The minimum absolute atomic E-state index is 0.000303. The van der Waals surface area contributed by atoms with Gasteiger partial charge in [-0.25, -0.2) is 17.8 Å². The summed E-state index contributed by atoms with van der Waals surface area (Å²) in [7, 11) is -4.66. The highest BCUT2D eigenvalue weighted by molar-refractivity contribution is 7.85. The number of amides is 1. The molecule has 174 valence electrons. The van der Waals surface area contributed by atoms with Crippen LogP contribution < -0.4 is 10.5 Å². The first kappa shape index (κ1) is 23.9. The van der Waals surface area contributed by atoms with E-state index in [-0.39, 0.29) is 42.4 Å². The van der Waals surface area contributed by atoms with Gasteiger partial charge in [0.1, 0.15) is 17.6 Å². The summed E-state index contributed by atoms with van der Waals surface area (Å²) >= 11 is 0. The molecule has 3 rings (SSSR count). The lowest BCUT2D eigenvalue weighted by Gasteiger charge is -2.17. The van der Waals surface area contributed by atoms with Crippen LogP contribution in [-0.2, 0) is 22.8 Å².